The van der Waals surface area contributed by atoms with Gasteiger partial charge in [-0.15, -0.1) is 0 Å². The van der Waals surface area contributed by atoms with Crippen LogP contribution in [0.1, 0.15) is 50.3 Å². The van der Waals surface area contributed by atoms with Gasteiger partial charge in [0.25, 0.3) is 0 Å². The van der Waals surface area contributed by atoms with Gasteiger partial charge in [0.05, 0.1) is 11.9 Å². The van der Waals surface area contributed by atoms with Gasteiger partial charge in [-0.1, -0.05) is 55.8 Å². The van der Waals surface area contributed by atoms with Crippen LogP contribution in [-0.2, 0) is 26.2 Å². The number of benzene rings is 2. The lowest BCUT2D eigenvalue weighted by molar-refractivity contribution is -0.140. The molecule has 2 amide bonds. The molecule has 2 aromatic carbocycles. The molecule has 192 valence electrons. The molecule has 0 aliphatic carbocycles. The highest BCUT2D eigenvalue weighted by Crippen LogP contribution is 2.28. The van der Waals surface area contributed by atoms with Gasteiger partial charge in [0, 0.05) is 17.6 Å². The second-order valence-corrected chi connectivity index (χ2v) is 11.2. The normalized spacial score (nSPS) is 13.1. The summed E-state index contributed by atoms with van der Waals surface area (Å²) in [5, 5.41) is 3.37. The molecule has 35 heavy (non-hydrogen) atoms. The Morgan fingerprint density at radius 1 is 1.03 bits per heavy atom. The number of hydrogen-bond donors (Lipinski definition) is 1. The van der Waals surface area contributed by atoms with Crippen LogP contribution in [0, 0.1) is 13.8 Å². The smallest absolute Gasteiger partial charge is 0.244 e. The predicted molar refractivity (Wildman–Crippen MR) is 142 cm³/mol. The molecule has 0 saturated heterocycles. The molecule has 0 heterocycles. The van der Waals surface area contributed by atoms with Crippen molar-refractivity contribution in [1.29, 1.82) is 0 Å². The Labute approximate surface area is 214 Å². The maximum Gasteiger partial charge on any atom is 0.244 e. The number of amides is 2. The van der Waals surface area contributed by atoms with E-state index < -0.39 is 28.5 Å². The summed E-state index contributed by atoms with van der Waals surface area (Å²) in [5.41, 5.74) is 2.76. The number of nitrogens with one attached hydrogen (secondary N) is 1. The van der Waals surface area contributed by atoms with E-state index in [-0.39, 0.29) is 18.5 Å². The molecule has 9 heteroatoms. The molecular formula is C26H36ClN3O4S. The Kier molecular flexibility index (Phi) is 10.2. The van der Waals surface area contributed by atoms with E-state index >= 15 is 0 Å². The van der Waals surface area contributed by atoms with E-state index in [1.165, 1.54) is 4.90 Å². The van der Waals surface area contributed by atoms with Gasteiger partial charge in [-0.25, -0.2) is 8.42 Å². The van der Waals surface area contributed by atoms with Crippen molar-refractivity contribution >= 4 is 39.1 Å². The lowest BCUT2D eigenvalue weighted by atomic mass is 10.1. The van der Waals surface area contributed by atoms with Crippen LogP contribution in [0.15, 0.2) is 42.5 Å². The number of hydrogen-bond acceptors (Lipinski definition) is 4. The zero-order valence-corrected chi connectivity index (χ0v) is 22.9. The Balaban J connectivity index is 2.50. The minimum Gasteiger partial charge on any atom is -0.352 e. The van der Waals surface area contributed by atoms with E-state index in [1.54, 1.807) is 25.1 Å². The van der Waals surface area contributed by atoms with Crippen LogP contribution < -0.4 is 9.62 Å². The van der Waals surface area contributed by atoms with Crippen molar-refractivity contribution in [3.63, 3.8) is 0 Å². The molecule has 0 aliphatic rings. The van der Waals surface area contributed by atoms with Gasteiger partial charge in [0.15, 0.2) is 0 Å². The topological polar surface area (TPSA) is 86.8 Å². The largest absolute Gasteiger partial charge is 0.352 e. The number of rotatable bonds is 11. The number of anilines is 1. The first-order valence-corrected chi connectivity index (χ1v) is 14.0. The molecule has 2 rings (SSSR count). The molecule has 0 spiro atoms. The third-order valence-corrected chi connectivity index (χ3v) is 7.71. The minimum absolute atomic E-state index is 0.0476. The molecule has 0 bridgehead atoms. The summed E-state index contributed by atoms with van der Waals surface area (Å²) in [4.78, 5) is 28.4. The Morgan fingerprint density at radius 3 is 2.26 bits per heavy atom. The van der Waals surface area contributed by atoms with E-state index in [0.29, 0.717) is 22.7 Å². The van der Waals surface area contributed by atoms with Crippen LogP contribution in [0.4, 0.5) is 5.69 Å². The molecule has 0 unspecified atom stereocenters. The monoisotopic (exact) mass is 521 g/mol. The molecular weight excluding hydrogens is 486 g/mol. The molecule has 0 aliphatic heterocycles. The van der Waals surface area contributed by atoms with Crippen LogP contribution in [0.2, 0.25) is 5.02 Å². The van der Waals surface area contributed by atoms with Gasteiger partial charge in [-0.3, -0.25) is 13.9 Å². The van der Waals surface area contributed by atoms with Crippen molar-refractivity contribution in [2.75, 3.05) is 17.1 Å². The fourth-order valence-corrected chi connectivity index (χ4v) is 4.86. The average Bonchev–Trinajstić information content (AvgIpc) is 2.79. The molecule has 0 saturated carbocycles. The highest BCUT2D eigenvalue weighted by molar-refractivity contribution is 7.92. The lowest BCUT2D eigenvalue weighted by Crippen LogP contribution is -2.53. The Hall–Kier alpha value is -2.58. The van der Waals surface area contributed by atoms with Gasteiger partial charge >= 0.3 is 0 Å². The van der Waals surface area contributed by atoms with Gasteiger partial charge in [0.1, 0.15) is 12.6 Å². The summed E-state index contributed by atoms with van der Waals surface area (Å²) in [5.74, 6) is -0.724. The van der Waals surface area contributed by atoms with E-state index in [9.17, 15) is 18.0 Å². The van der Waals surface area contributed by atoms with E-state index in [0.717, 1.165) is 28.1 Å². The molecule has 7 nitrogen and oxygen atoms in total. The Morgan fingerprint density at radius 2 is 1.69 bits per heavy atom. The summed E-state index contributed by atoms with van der Waals surface area (Å²) in [7, 11) is -3.82. The van der Waals surface area contributed by atoms with E-state index in [4.69, 9.17) is 11.6 Å². The highest BCUT2D eigenvalue weighted by Gasteiger charge is 2.32. The average molecular weight is 522 g/mol. The summed E-state index contributed by atoms with van der Waals surface area (Å²) in [6.07, 6.45) is 2.19. The zero-order valence-electron chi connectivity index (χ0n) is 21.3. The first kappa shape index (κ1) is 28.7. The first-order valence-electron chi connectivity index (χ1n) is 11.8. The van der Waals surface area contributed by atoms with Crippen molar-refractivity contribution < 1.29 is 18.0 Å². The van der Waals surface area contributed by atoms with Crippen molar-refractivity contribution in [3.8, 4) is 0 Å². The molecule has 0 radical (unpaired) electrons. The third kappa shape index (κ3) is 7.45. The van der Waals surface area contributed by atoms with Crippen LogP contribution in [-0.4, -0.2) is 50.0 Å². The minimum atomic E-state index is -3.82. The van der Waals surface area contributed by atoms with Gasteiger partial charge in [-0.05, 0) is 62.4 Å². The molecule has 2 aromatic rings. The maximum atomic E-state index is 13.8. The van der Waals surface area contributed by atoms with Crippen LogP contribution in [0.3, 0.4) is 0 Å². The number of nitrogens with zero attached hydrogens (tertiary/aromatic N) is 2. The quantitative estimate of drug-likeness (QED) is 0.473. The van der Waals surface area contributed by atoms with Crippen LogP contribution in [0.25, 0.3) is 0 Å². The number of carbonyl (C=O) groups is 2. The standard InChI is InChI=1S/C26H36ClN3O4S/c1-7-19(4)28-26(32)23(8-2)29(16-21-13-10-9-12-18(21)3)25(31)17-30(35(6,33)34)24-15-11-14-22(27)20(24)5/h9-15,19,23H,7-8,16-17H2,1-6H3,(H,28,32)/t19-,23+/m0/s1. The third-order valence-electron chi connectivity index (χ3n) is 6.18. The Bertz CT molecular complexity index is 1150. The fraction of sp³-hybridized carbons (Fsp3) is 0.462. The number of sulfonamides is 1. The summed E-state index contributed by atoms with van der Waals surface area (Å²) in [6, 6.07) is 11.8. The highest BCUT2D eigenvalue weighted by atomic mass is 35.5. The van der Waals surface area contributed by atoms with Crippen molar-refractivity contribution in [3.05, 3.63) is 64.2 Å². The van der Waals surface area contributed by atoms with Crippen molar-refractivity contribution in [2.45, 2.75) is 66.1 Å². The summed E-state index contributed by atoms with van der Waals surface area (Å²) < 4.78 is 26.6. The van der Waals surface area contributed by atoms with Crippen LogP contribution >= 0.6 is 11.6 Å². The van der Waals surface area contributed by atoms with E-state index in [1.807, 2.05) is 52.0 Å². The molecule has 0 aromatic heterocycles. The van der Waals surface area contributed by atoms with Crippen molar-refractivity contribution in [2.24, 2.45) is 0 Å². The zero-order chi connectivity index (χ0) is 26.3. The van der Waals surface area contributed by atoms with Gasteiger partial charge < -0.3 is 10.2 Å². The SMILES string of the molecule is CC[C@H](C(=O)N[C@@H](C)CC)N(Cc1ccccc1C)C(=O)CN(c1cccc(Cl)c1C)S(C)(=O)=O. The number of halogens is 1. The second-order valence-electron chi connectivity index (χ2n) is 8.84. The molecule has 0 fully saturated rings. The van der Waals surface area contributed by atoms with Gasteiger partial charge in [-0.2, -0.15) is 0 Å². The van der Waals surface area contributed by atoms with Gasteiger partial charge in [0.2, 0.25) is 21.8 Å². The molecule has 1 N–H and O–H groups in total. The van der Waals surface area contributed by atoms with Crippen LogP contribution in [0.5, 0.6) is 0 Å². The predicted octanol–water partition coefficient (Wildman–Crippen LogP) is 4.44. The second kappa shape index (κ2) is 12.4. The lowest BCUT2D eigenvalue weighted by Gasteiger charge is -2.34. The number of aryl methyl sites for hydroxylation is 1. The summed E-state index contributed by atoms with van der Waals surface area (Å²) >= 11 is 6.24. The first-order chi connectivity index (χ1) is 16.4. The molecule has 2 atom stereocenters. The summed E-state index contributed by atoms with van der Waals surface area (Å²) in [6.45, 7) is 9.11. The fourth-order valence-electron chi connectivity index (χ4n) is 3.79. The number of carbonyl (C=O) groups excluding carboxylic acids is 2. The van der Waals surface area contributed by atoms with Crippen molar-refractivity contribution in [1.82, 2.24) is 10.2 Å². The van der Waals surface area contributed by atoms with E-state index in [2.05, 4.69) is 5.32 Å². The maximum absolute atomic E-state index is 13.8.